The number of aliphatic hydroxyl groups is 1. The van der Waals surface area contributed by atoms with Crippen molar-refractivity contribution in [2.24, 2.45) is 5.41 Å². The summed E-state index contributed by atoms with van der Waals surface area (Å²) in [4.78, 5) is 31.5. The molecule has 3 aromatic rings. The fraction of sp³-hybridized carbons (Fsp3) is 0.360. The zero-order chi connectivity index (χ0) is 24.9. The average Bonchev–Trinajstić information content (AvgIpc) is 3.11. The molecule has 3 N–H and O–H groups in total. The number of amides is 3. The number of urea groups is 1. The second-order valence-electron chi connectivity index (χ2n) is 9.30. The molecule has 2 aromatic carbocycles. The topological polar surface area (TPSA) is 123 Å². The van der Waals surface area contributed by atoms with Gasteiger partial charge in [0, 0.05) is 38.0 Å². The summed E-state index contributed by atoms with van der Waals surface area (Å²) in [6.07, 6.45) is 0.893. The van der Waals surface area contributed by atoms with Gasteiger partial charge >= 0.3 is 6.03 Å². The Balaban J connectivity index is 1.87. The molecule has 9 nitrogen and oxygen atoms in total. The number of nitrogens with one attached hydrogen (secondary N) is 2. The Morgan fingerprint density at radius 2 is 1.94 bits per heavy atom. The van der Waals surface area contributed by atoms with E-state index in [1.54, 1.807) is 36.2 Å². The number of aromatic nitrogens is 2. The number of anilines is 3. The molecule has 34 heavy (non-hydrogen) atoms. The molecule has 178 valence electrons. The fourth-order valence-corrected chi connectivity index (χ4v) is 3.52. The highest BCUT2D eigenvalue weighted by molar-refractivity contribution is 6.00. The van der Waals surface area contributed by atoms with Gasteiger partial charge in [0.05, 0.1) is 22.7 Å². The van der Waals surface area contributed by atoms with Crippen molar-refractivity contribution in [2.75, 3.05) is 29.2 Å². The number of aliphatic hydroxyl groups excluding tert-OH is 1. The second kappa shape index (κ2) is 10.4. The van der Waals surface area contributed by atoms with Crippen molar-refractivity contribution in [3.05, 3.63) is 48.0 Å². The van der Waals surface area contributed by atoms with Gasteiger partial charge in [-0.15, -0.1) is 0 Å². The molecule has 0 bridgehead atoms. The van der Waals surface area contributed by atoms with E-state index in [0.29, 0.717) is 47.8 Å². The van der Waals surface area contributed by atoms with E-state index in [1.807, 2.05) is 49.6 Å². The van der Waals surface area contributed by atoms with Crippen LogP contribution in [-0.4, -0.2) is 40.3 Å². The van der Waals surface area contributed by atoms with Gasteiger partial charge in [0.15, 0.2) is 0 Å². The molecule has 3 amide bonds. The summed E-state index contributed by atoms with van der Waals surface area (Å²) in [6, 6.07) is 13.6. The zero-order valence-electron chi connectivity index (χ0n) is 19.9. The highest BCUT2D eigenvalue weighted by Crippen LogP contribution is 2.27. The monoisotopic (exact) mass is 462 g/mol. The number of carbonyl (C=O) groups is 2. The van der Waals surface area contributed by atoms with Crippen molar-refractivity contribution in [3.63, 3.8) is 0 Å². The Labute approximate surface area is 199 Å². The van der Waals surface area contributed by atoms with Crippen LogP contribution in [0.25, 0.3) is 11.0 Å². The van der Waals surface area contributed by atoms with Gasteiger partial charge in [-0.1, -0.05) is 26.8 Å². The van der Waals surface area contributed by atoms with Gasteiger partial charge in [0.2, 0.25) is 11.9 Å². The molecule has 0 aliphatic carbocycles. The van der Waals surface area contributed by atoms with Crippen LogP contribution < -0.4 is 15.5 Å². The summed E-state index contributed by atoms with van der Waals surface area (Å²) in [5, 5.41) is 23.8. The van der Waals surface area contributed by atoms with Crippen LogP contribution in [0.1, 0.15) is 39.2 Å². The molecule has 0 radical (unpaired) electrons. The third kappa shape index (κ3) is 6.11. The first-order chi connectivity index (χ1) is 16.1. The maximum Gasteiger partial charge on any atom is 0.326 e. The summed E-state index contributed by atoms with van der Waals surface area (Å²) in [6.45, 7) is 6.50. The number of nitrogens with zero attached hydrogens (tertiary/aromatic N) is 4. The second-order valence-corrected chi connectivity index (χ2v) is 9.30. The van der Waals surface area contributed by atoms with Gasteiger partial charge in [0.25, 0.3) is 0 Å². The molecule has 0 spiro atoms. The number of carbonyl (C=O) groups excluding carboxylic acids is 2. The Morgan fingerprint density at radius 1 is 1.18 bits per heavy atom. The van der Waals surface area contributed by atoms with Gasteiger partial charge in [-0.2, -0.15) is 5.26 Å². The van der Waals surface area contributed by atoms with E-state index in [-0.39, 0.29) is 17.9 Å². The molecule has 9 heteroatoms. The third-order valence-corrected chi connectivity index (χ3v) is 5.19. The van der Waals surface area contributed by atoms with Crippen molar-refractivity contribution >= 4 is 40.3 Å². The largest absolute Gasteiger partial charge is 0.396 e. The lowest BCUT2D eigenvalue weighted by Gasteiger charge is -2.23. The highest BCUT2D eigenvalue weighted by Gasteiger charge is 2.21. The number of nitriles is 1. The molecule has 1 aromatic heterocycles. The Bertz CT molecular complexity index is 1240. The minimum atomic E-state index is -0.506. The lowest BCUT2D eigenvalue weighted by Crippen LogP contribution is -2.29. The highest BCUT2D eigenvalue weighted by atomic mass is 16.3. The van der Waals surface area contributed by atoms with E-state index < -0.39 is 6.03 Å². The van der Waals surface area contributed by atoms with Crippen molar-refractivity contribution in [1.29, 1.82) is 5.26 Å². The third-order valence-electron chi connectivity index (χ3n) is 5.19. The predicted molar refractivity (Wildman–Crippen MR) is 133 cm³/mol. The number of benzene rings is 2. The molecule has 0 unspecified atom stereocenters. The molecule has 1 heterocycles. The first-order valence-electron chi connectivity index (χ1n) is 11.1. The smallest absolute Gasteiger partial charge is 0.326 e. The number of imidazole rings is 1. The molecule has 0 saturated heterocycles. The summed E-state index contributed by atoms with van der Waals surface area (Å²) < 4.78 is 1.82. The summed E-state index contributed by atoms with van der Waals surface area (Å²) in [5.74, 6) is 0.321. The predicted octanol–water partition coefficient (Wildman–Crippen LogP) is 4.33. The Morgan fingerprint density at radius 3 is 2.62 bits per heavy atom. The average molecular weight is 463 g/mol. The van der Waals surface area contributed by atoms with Gasteiger partial charge < -0.3 is 19.9 Å². The van der Waals surface area contributed by atoms with E-state index in [1.165, 1.54) is 0 Å². The molecule has 3 rings (SSSR count). The van der Waals surface area contributed by atoms with E-state index in [0.717, 1.165) is 5.52 Å². The Kier molecular flexibility index (Phi) is 7.54. The molecule has 0 saturated carbocycles. The number of rotatable bonds is 7. The molecule has 0 atom stereocenters. The van der Waals surface area contributed by atoms with Gasteiger partial charge in [0.1, 0.15) is 0 Å². The zero-order valence-corrected chi connectivity index (χ0v) is 19.9. The lowest BCUT2D eigenvalue weighted by molar-refractivity contribution is -0.120. The van der Waals surface area contributed by atoms with E-state index in [4.69, 9.17) is 5.26 Å². The van der Waals surface area contributed by atoms with Crippen molar-refractivity contribution < 1.29 is 14.7 Å². The van der Waals surface area contributed by atoms with Crippen LogP contribution in [0, 0.1) is 16.7 Å². The maximum absolute atomic E-state index is 12.7. The van der Waals surface area contributed by atoms with E-state index >= 15 is 0 Å². The van der Waals surface area contributed by atoms with Crippen LogP contribution in [0.4, 0.5) is 22.1 Å². The van der Waals surface area contributed by atoms with E-state index in [2.05, 4.69) is 15.6 Å². The molecule has 0 aliphatic rings. The summed E-state index contributed by atoms with van der Waals surface area (Å²) in [7, 11) is 1.74. The number of hydrogen-bond donors (Lipinski definition) is 3. The summed E-state index contributed by atoms with van der Waals surface area (Å²) >= 11 is 0. The van der Waals surface area contributed by atoms with Crippen LogP contribution in [0.2, 0.25) is 0 Å². The quantitative estimate of drug-likeness (QED) is 0.482. The first-order valence-corrected chi connectivity index (χ1v) is 11.1. The first kappa shape index (κ1) is 24.7. The SMILES string of the molecule is CN(C(=O)CC(C)(C)C)c1ccc2c(c1)nc(NC(=O)Nc1cccc(C#N)c1)n2CCCO. The lowest BCUT2D eigenvalue weighted by atomic mass is 9.91. The Hall–Kier alpha value is -3.90. The van der Waals surface area contributed by atoms with Gasteiger partial charge in [-0.25, -0.2) is 9.78 Å². The van der Waals surface area contributed by atoms with Crippen molar-refractivity contribution in [2.45, 2.75) is 40.2 Å². The molecule has 0 aliphatic heterocycles. The number of hydrogen-bond acceptors (Lipinski definition) is 5. The van der Waals surface area contributed by atoms with Crippen LogP contribution in [-0.2, 0) is 11.3 Å². The minimum absolute atomic E-state index is 0.00360. The van der Waals surface area contributed by atoms with Gasteiger partial charge in [-0.05, 0) is 48.2 Å². The van der Waals surface area contributed by atoms with Crippen LogP contribution in [0.5, 0.6) is 0 Å². The van der Waals surface area contributed by atoms with Crippen molar-refractivity contribution in [3.8, 4) is 6.07 Å². The van der Waals surface area contributed by atoms with Crippen LogP contribution in [0.15, 0.2) is 42.5 Å². The maximum atomic E-state index is 12.7. The number of fused-ring (bicyclic) bond motifs is 1. The standard InChI is InChI=1S/C25H30N6O3/c1-25(2,3)15-22(33)30(4)19-9-10-21-20(14-19)28-23(31(21)11-6-12-32)29-24(34)27-18-8-5-7-17(13-18)16-26/h5,7-10,13-14,32H,6,11-12,15H2,1-4H3,(H2,27,28,29,34). The van der Waals surface area contributed by atoms with Gasteiger partial charge in [-0.3, -0.25) is 10.1 Å². The fourth-order valence-electron chi connectivity index (χ4n) is 3.52. The molecular formula is C25H30N6O3. The minimum Gasteiger partial charge on any atom is -0.396 e. The summed E-state index contributed by atoms with van der Waals surface area (Å²) in [5.41, 5.74) is 2.89. The van der Waals surface area contributed by atoms with Crippen LogP contribution >= 0.6 is 0 Å². The normalized spacial score (nSPS) is 11.2. The molecule has 0 fully saturated rings. The number of aryl methyl sites for hydroxylation is 1. The van der Waals surface area contributed by atoms with Crippen LogP contribution in [0.3, 0.4) is 0 Å². The molecular weight excluding hydrogens is 432 g/mol. The van der Waals surface area contributed by atoms with Crippen molar-refractivity contribution in [1.82, 2.24) is 9.55 Å². The van der Waals surface area contributed by atoms with E-state index in [9.17, 15) is 14.7 Å².